The number of nitrogens with two attached hydrogens (primary N) is 1. The van der Waals surface area contributed by atoms with Gasteiger partial charge in [0.05, 0.1) is 12.0 Å². The summed E-state index contributed by atoms with van der Waals surface area (Å²) in [7, 11) is -1.90. The number of hydrogen-bond acceptors (Lipinski definition) is 4. The Morgan fingerprint density at radius 1 is 1.38 bits per heavy atom. The number of rotatable bonds is 7. The Balaban J connectivity index is 2.28. The zero-order valence-electron chi connectivity index (χ0n) is 12.7. The van der Waals surface area contributed by atoms with E-state index in [2.05, 4.69) is 0 Å². The van der Waals surface area contributed by atoms with Gasteiger partial charge in [0.25, 0.3) is 0 Å². The number of benzene rings is 1. The molecule has 6 heteroatoms. The normalized spacial score (nSPS) is 16.0. The van der Waals surface area contributed by atoms with E-state index in [9.17, 15) is 8.42 Å². The van der Waals surface area contributed by atoms with Crippen LogP contribution < -0.4 is 10.5 Å². The fraction of sp³-hybridized carbons (Fsp3) is 0.600. The highest BCUT2D eigenvalue weighted by Gasteiger charge is 2.28. The fourth-order valence-electron chi connectivity index (χ4n) is 2.58. The van der Waals surface area contributed by atoms with Gasteiger partial charge in [-0.15, -0.1) is 0 Å². The van der Waals surface area contributed by atoms with Crippen molar-refractivity contribution in [3.63, 3.8) is 0 Å². The van der Waals surface area contributed by atoms with Gasteiger partial charge >= 0.3 is 0 Å². The number of sulfonamides is 1. The molecule has 0 radical (unpaired) electrons. The first-order valence-corrected chi connectivity index (χ1v) is 8.84. The van der Waals surface area contributed by atoms with Gasteiger partial charge in [-0.2, -0.15) is 4.31 Å². The average molecular weight is 312 g/mol. The molecule has 2 rings (SSSR count). The summed E-state index contributed by atoms with van der Waals surface area (Å²) in [4.78, 5) is 0.296. The molecule has 1 fully saturated rings. The smallest absolute Gasteiger partial charge is 0.243 e. The summed E-state index contributed by atoms with van der Waals surface area (Å²) in [5, 5.41) is 0. The van der Waals surface area contributed by atoms with Crippen molar-refractivity contribution in [2.75, 3.05) is 20.2 Å². The van der Waals surface area contributed by atoms with E-state index in [1.807, 2.05) is 6.92 Å². The molecule has 1 saturated carbocycles. The highest BCUT2D eigenvalue weighted by atomic mass is 32.2. The molecular formula is C15H24N2O3S. The third-order valence-corrected chi connectivity index (χ3v) is 6.09. The Labute approximate surface area is 127 Å². The molecule has 0 unspecified atom stereocenters. The van der Waals surface area contributed by atoms with Crippen molar-refractivity contribution in [1.29, 1.82) is 0 Å². The van der Waals surface area contributed by atoms with E-state index >= 15 is 0 Å². The Morgan fingerprint density at radius 2 is 2.10 bits per heavy atom. The van der Waals surface area contributed by atoms with Crippen molar-refractivity contribution in [2.45, 2.75) is 37.6 Å². The average Bonchev–Trinajstić information content (AvgIpc) is 2.45. The molecule has 5 nitrogen and oxygen atoms in total. The van der Waals surface area contributed by atoms with Gasteiger partial charge in [0.15, 0.2) is 0 Å². The minimum atomic E-state index is -3.46. The second-order valence-corrected chi connectivity index (χ2v) is 7.37. The molecule has 1 aromatic carbocycles. The summed E-state index contributed by atoms with van der Waals surface area (Å²) >= 11 is 0. The molecule has 21 heavy (non-hydrogen) atoms. The standard InChI is InChI=1S/C15H24N2O3S/c1-3-17(11-12-5-4-6-12)21(18,19)14-7-8-15(20-2)13(9-14)10-16/h7-9,12H,3-6,10-11,16H2,1-2H3. The van der Waals surface area contributed by atoms with Crippen LogP contribution in [-0.2, 0) is 16.6 Å². The Hall–Kier alpha value is -1.11. The molecule has 0 saturated heterocycles. The molecule has 1 aliphatic carbocycles. The molecular weight excluding hydrogens is 288 g/mol. The van der Waals surface area contributed by atoms with Gasteiger partial charge in [-0.1, -0.05) is 13.3 Å². The van der Waals surface area contributed by atoms with Crippen LogP contribution in [0.2, 0.25) is 0 Å². The lowest BCUT2D eigenvalue weighted by atomic mass is 9.85. The second-order valence-electron chi connectivity index (χ2n) is 5.43. The zero-order chi connectivity index (χ0) is 15.5. The lowest BCUT2D eigenvalue weighted by Gasteiger charge is -2.31. The summed E-state index contributed by atoms with van der Waals surface area (Å²) in [5.74, 6) is 1.13. The largest absolute Gasteiger partial charge is 0.496 e. The molecule has 1 aromatic rings. The third kappa shape index (κ3) is 3.39. The van der Waals surface area contributed by atoms with Crippen LogP contribution in [0.3, 0.4) is 0 Å². The third-order valence-electron chi connectivity index (χ3n) is 4.15. The van der Waals surface area contributed by atoms with Crippen molar-refractivity contribution in [3.8, 4) is 5.75 Å². The minimum Gasteiger partial charge on any atom is -0.496 e. The highest BCUT2D eigenvalue weighted by Crippen LogP contribution is 2.30. The number of methoxy groups -OCH3 is 1. The van der Waals surface area contributed by atoms with Crippen LogP contribution >= 0.6 is 0 Å². The maximum Gasteiger partial charge on any atom is 0.243 e. The molecule has 0 amide bonds. The summed E-state index contributed by atoms with van der Waals surface area (Å²) in [6, 6.07) is 4.89. The molecule has 0 heterocycles. The monoisotopic (exact) mass is 312 g/mol. The van der Waals surface area contributed by atoms with Crippen molar-refractivity contribution in [2.24, 2.45) is 11.7 Å². The van der Waals surface area contributed by atoms with Crippen molar-refractivity contribution < 1.29 is 13.2 Å². The number of hydrogen-bond donors (Lipinski definition) is 1. The molecule has 0 aliphatic heterocycles. The Bertz CT molecular complexity index is 583. The fourth-order valence-corrected chi connectivity index (χ4v) is 4.16. The molecule has 0 aromatic heterocycles. The predicted molar refractivity (Wildman–Crippen MR) is 82.7 cm³/mol. The van der Waals surface area contributed by atoms with E-state index in [1.165, 1.54) is 6.42 Å². The van der Waals surface area contributed by atoms with E-state index < -0.39 is 10.0 Å². The first-order chi connectivity index (χ1) is 10.0. The van der Waals surface area contributed by atoms with E-state index in [0.29, 0.717) is 35.2 Å². The summed E-state index contributed by atoms with van der Waals surface area (Å²) in [5.41, 5.74) is 6.38. The van der Waals surface area contributed by atoms with E-state index in [0.717, 1.165) is 12.8 Å². The molecule has 0 bridgehead atoms. The van der Waals surface area contributed by atoms with Gasteiger partial charge in [-0.3, -0.25) is 0 Å². The molecule has 0 spiro atoms. The van der Waals surface area contributed by atoms with E-state index in [1.54, 1.807) is 29.6 Å². The van der Waals surface area contributed by atoms with Crippen LogP contribution in [-0.4, -0.2) is 32.9 Å². The number of ether oxygens (including phenoxy) is 1. The zero-order valence-corrected chi connectivity index (χ0v) is 13.5. The number of nitrogens with zero attached hydrogens (tertiary/aromatic N) is 1. The topological polar surface area (TPSA) is 72.6 Å². The van der Waals surface area contributed by atoms with Crippen LogP contribution in [0, 0.1) is 5.92 Å². The van der Waals surface area contributed by atoms with Gasteiger partial charge < -0.3 is 10.5 Å². The van der Waals surface area contributed by atoms with Crippen LogP contribution in [0.1, 0.15) is 31.7 Å². The van der Waals surface area contributed by atoms with Gasteiger partial charge in [0, 0.05) is 25.2 Å². The van der Waals surface area contributed by atoms with Crippen LogP contribution in [0.25, 0.3) is 0 Å². The summed E-state index contributed by atoms with van der Waals surface area (Å²) in [6.45, 7) is 3.23. The maximum absolute atomic E-state index is 12.8. The molecule has 1 aliphatic rings. The van der Waals surface area contributed by atoms with Gasteiger partial charge in [0.1, 0.15) is 5.75 Å². The molecule has 2 N–H and O–H groups in total. The van der Waals surface area contributed by atoms with Crippen molar-refractivity contribution >= 4 is 10.0 Å². The minimum absolute atomic E-state index is 0.251. The highest BCUT2D eigenvalue weighted by molar-refractivity contribution is 7.89. The first-order valence-electron chi connectivity index (χ1n) is 7.40. The SMILES string of the molecule is CCN(CC1CCC1)S(=O)(=O)c1ccc(OC)c(CN)c1. The Kier molecular flexibility index (Phi) is 5.24. The summed E-state index contributed by atoms with van der Waals surface area (Å²) in [6.07, 6.45) is 3.47. The lowest BCUT2D eigenvalue weighted by molar-refractivity contribution is 0.250. The van der Waals surface area contributed by atoms with Gasteiger partial charge in [-0.25, -0.2) is 8.42 Å². The molecule has 0 atom stereocenters. The Morgan fingerprint density at radius 3 is 2.57 bits per heavy atom. The van der Waals surface area contributed by atoms with E-state index in [4.69, 9.17) is 10.5 Å². The van der Waals surface area contributed by atoms with Crippen molar-refractivity contribution in [3.05, 3.63) is 23.8 Å². The first kappa shape index (κ1) is 16.3. The maximum atomic E-state index is 12.8. The lowest BCUT2D eigenvalue weighted by Crippen LogP contribution is -2.37. The van der Waals surface area contributed by atoms with Gasteiger partial charge in [0.2, 0.25) is 10.0 Å². The quantitative estimate of drug-likeness (QED) is 0.835. The van der Waals surface area contributed by atoms with Gasteiger partial charge in [-0.05, 0) is 37.0 Å². The van der Waals surface area contributed by atoms with Crippen molar-refractivity contribution in [1.82, 2.24) is 4.31 Å². The second kappa shape index (κ2) is 6.77. The summed E-state index contributed by atoms with van der Waals surface area (Å²) < 4.78 is 32.3. The van der Waals surface area contributed by atoms with Crippen LogP contribution in [0.15, 0.2) is 23.1 Å². The van der Waals surface area contributed by atoms with Crippen LogP contribution in [0.5, 0.6) is 5.75 Å². The van der Waals surface area contributed by atoms with Crippen LogP contribution in [0.4, 0.5) is 0 Å². The van der Waals surface area contributed by atoms with E-state index in [-0.39, 0.29) is 6.54 Å². The predicted octanol–water partition coefficient (Wildman–Crippen LogP) is 1.96. The molecule has 118 valence electrons.